The van der Waals surface area contributed by atoms with Gasteiger partial charge in [-0.05, 0) is 29.7 Å². The number of ketones is 1. The van der Waals surface area contributed by atoms with Crippen LogP contribution in [0.25, 0.3) is 10.8 Å². The average molecular weight is 420 g/mol. The fourth-order valence-electron chi connectivity index (χ4n) is 4.58. The maximum atomic E-state index is 12.7. The van der Waals surface area contributed by atoms with Crippen molar-refractivity contribution >= 4 is 28.5 Å². The summed E-state index contributed by atoms with van der Waals surface area (Å²) in [7, 11) is 0. The van der Waals surface area contributed by atoms with E-state index < -0.39 is 35.9 Å². The number of fused-ring (bicyclic) bond motifs is 2. The molecular weight excluding hydrogens is 400 g/mol. The van der Waals surface area contributed by atoms with Gasteiger partial charge in [0.15, 0.2) is 11.9 Å². The Bertz CT molecular complexity index is 1130. The number of hydrogen-bond acceptors (Lipinski definition) is 7. The van der Waals surface area contributed by atoms with Gasteiger partial charge < -0.3 is 18.9 Å². The predicted octanol–water partition coefficient (Wildman–Crippen LogP) is 3.26. The molecule has 2 aromatic rings. The van der Waals surface area contributed by atoms with E-state index in [4.69, 9.17) is 18.9 Å². The van der Waals surface area contributed by atoms with Gasteiger partial charge in [0.25, 0.3) is 5.79 Å². The van der Waals surface area contributed by atoms with Gasteiger partial charge in [0.1, 0.15) is 17.6 Å². The molecule has 0 bridgehead atoms. The summed E-state index contributed by atoms with van der Waals surface area (Å²) in [6, 6.07) is 11.5. The van der Waals surface area contributed by atoms with Crippen LogP contribution in [0.3, 0.4) is 0 Å². The van der Waals surface area contributed by atoms with E-state index >= 15 is 0 Å². The first kappa shape index (κ1) is 19.4. The molecule has 1 spiro atoms. The normalized spacial score (nSPS) is 25.2. The van der Waals surface area contributed by atoms with Crippen LogP contribution in [0, 0.1) is 5.92 Å². The highest BCUT2D eigenvalue weighted by atomic mass is 16.7. The van der Waals surface area contributed by atoms with Crippen molar-refractivity contribution in [2.75, 3.05) is 0 Å². The summed E-state index contributed by atoms with van der Waals surface area (Å²) in [5.74, 6) is -1.83. The van der Waals surface area contributed by atoms with Crippen LogP contribution in [-0.2, 0) is 23.9 Å². The van der Waals surface area contributed by atoms with Gasteiger partial charge in [0, 0.05) is 31.9 Å². The quantitative estimate of drug-likeness (QED) is 0.689. The first-order valence-corrected chi connectivity index (χ1v) is 10.1. The van der Waals surface area contributed by atoms with Crippen molar-refractivity contribution in [3.63, 3.8) is 0 Å². The molecular formula is C24H20O7. The van der Waals surface area contributed by atoms with Crippen LogP contribution in [0.1, 0.15) is 20.3 Å². The molecule has 0 radical (unpaired) electrons. The zero-order valence-electron chi connectivity index (χ0n) is 17.0. The van der Waals surface area contributed by atoms with Crippen molar-refractivity contribution in [2.45, 2.75) is 38.3 Å². The Morgan fingerprint density at radius 2 is 1.65 bits per heavy atom. The van der Waals surface area contributed by atoms with Crippen molar-refractivity contribution in [3.8, 4) is 11.5 Å². The average Bonchev–Trinajstić information content (AvgIpc) is 2.72. The predicted molar refractivity (Wildman–Crippen MR) is 109 cm³/mol. The minimum absolute atomic E-state index is 0.192. The second-order valence-electron chi connectivity index (χ2n) is 7.87. The lowest BCUT2D eigenvalue weighted by atomic mass is 9.74. The van der Waals surface area contributed by atoms with E-state index in [1.54, 1.807) is 12.2 Å². The van der Waals surface area contributed by atoms with Crippen molar-refractivity contribution in [1.29, 1.82) is 0 Å². The first-order chi connectivity index (χ1) is 14.9. The Morgan fingerprint density at radius 3 is 2.26 bits per heavy atom. The fraction of sp³-hybridized carbons (Fsp3) is 0.292. The van der Waals surface area contributed by atoms with Gasteiger partial charge in [0.2, 0.25) is 0 Å². The van der Waals surface area contributed by atoms with Crippen molar-refractivity contribution < 1.29 is 33.3 Å². The molecule has 5 rings (SSSR count). The molecule has 2 aromatic carbocycles. The molecule has 1 unspecified atom stereocenters. The molecule has 158 valence electrons. The van der Waals surface area contributed by atoms with E-state index in [9.17, 15) is 14.4 Å². The number of benzene rings is 2. The van der Waals surface area contributed by atoms with E-state index in [0.29, 0.717) is 17.1 Å². The monoisotopic (exact) mass is 420 g/mol. The Balaban J connectivity index is 1.60. The Labute approximate surface area is 178 Å². The second kappa shape index (κ2) is 6.97. The molecule has 2 aliphatic carbocycles. The summed E-state index contributed by atoms with van der Waals surface area (Å²) in [5, 5.41) is 1.84. The number of carbonyl (C=O) groups excluding carboxylic acids is 3. The molecule has 1 heterocycles. The van der Waals surface area contributed by atoms with Gasteiger partial charge in [-0.2, -0.15) is 0 Å². The van der Waals surface area contributed by atoms with E-state index in [1.807, 2.05) is 36.4 Å². The molecule has 31 heavy (non-hydrogen) atoms. The van der Waals surface area contributed by atoms with Crippen LogP contribution >= 0.6 is 0 Å². The van der Waals surface area contributed by atoms with Crippen LogP contribution in [-0.4, -0.2) is 35.7 Å². The minimum Gasteiger partial charge on any atom is -0.458 e. The highest BCUT2D eigenvalue weighted by Gasteiger charge is 2.54. The van der Waals surface area contributed by atoms with E-state index in [0.717, 1.165) is 10.8 Å². The summed E-state index contributed by atoms with van der Waals surface area (Å²) in [6.45, 7) is 2.56. The Morgan fingerprint density at radius 1 is 1.00 bits per heavy atom. The summed E-state index contributed by atoms with van der Waals surface area (Å²) in [6.07, 6.45) is 3.13. The van der Waals surface area contributed by atoms with E-state index in [2.05, 4.69) is 0 Å². The largest absolute Gasteiger partial charge is 0.458 e. The maximum Gasteiger partial charge on any atom is 0.303 e. The lowest BCUT2D eigenvalue weighted by molar-refractivity contribution is -0.171. The molecule has 7 heteroatoms. The fourth-order valence-corrected chi connectivity index (χ4v) is 4.58. The second-order valence-corrected chi connectivity index (χ2v) is 7.87. The van der Waals surface area contributed by atoms with Gasteiger partial charge >= 0.3 is 11.9 Å². The topological polar surface area (TPSA) is 88.1 Å². The van der Waals surface area contributed by atoms with Crippen LogP contribution < -0.4 is 9.47 Å². The Hall–Kier alpha value is -3.61. The molecule has 0 saturated carbocycles. The van der Waals surface area contributed by atoms with Gasteiger partial charge in [-0.15, -0.1) is 0 Å². The maximum absolute atomic E-state index is 12.7. The standard InChI is InChI=1S/C24H20O7/c1-13(25)28-21-11-16-17(12-22(21)29-14(2)26)24(10-9-18(16)27)30-19-7-3-5-15-6-4-8-20(31-24)23(15)19/h3-11,17,21-22H,12H2,1-2H3/t17?,21-,22+/m0/s1. The zero-order chi connectivity index (χ0) is 21.8. The number of hydrogen-bond donors (Lipinski definition) is 0. The van der Waals surface area contributed by atoms with Crippen molar-refractivity contribution in [3.05, 3.63) is 60.2 Å². The van der Waals surface area contributed by atoms with E-state index in [-0.39, 0.29) is 12.2 Å². The molecule has 3 atom stereocenters. The number of rotatable bonds is 2. The zero-order valence-corrected chi connectivity index (χ0v) is 17.0. The molecule has 0 aromatic heterocycles. The Kier molecular flexibility index (Phi) is 4.36. The van der Waals surface area contributed by atoms with Crippen LogP contribution in [0.4, 0.5) is 0 Å². The van der Waals surface area contributed by atoms with E-state index in [1.165, 1.54) is 19.9 Å². The van der Waals surface area contributed by atoms with Gasteiger partial charge in [-0.3, -0.25) is 14.4 Å². The number of carbonyl (C=O) groups is 3. The van der Waals surface area contributed by atoms with Gasteiger partial charge in [0.05, 0.1) is 11.3 Å². The van der Waals surface area contributed by atoms with Crippen LogP contribution in [0.15, 0.2) is 60.2 Å². The first-order valence-electron chi connectivity index (χ1n) is 10.1. The number of allylic oxidation sites excluding steroid dienone is 1. The molecule has 0 amide bonds. The van der Waals surface area contributed by atoms with Gasteiger partial charge in [-0.25, -0.2) is 0 Å². The molecule has 0 saturated heterocycles. The van der Waals surface area contributed by atoms with Crippen LogP contribution in [0.5, 0.6) is 11.5 Å². The summed E-state index contributed by atoms with van der Waals surface area (Å²) < 4.78 is 23.5. The minimum atomic E-state index is -1.29. The molecule has 3 aliphatic rings. The van der Waals surface area contributed by atoms with Crippen LogP contribution in [0.2, 0.25) is 0 Å². The molecule has 0 N–H and O–H groups in total. The molecule has 1 aliphatic heterocycles. The summed E-state index contributed by atoms with van der Waals surface area (Å²) >= 11 is 0. The lowest BCUT2D eigenvalue weighted by Gasteiger charge is -2.46. The number of esters is 2. The molecule has 7 nitrogen and oxygen atoms in total. The third kappa shape index (κ3) is 3.17. The third-order valence-electron chi connectivity index (χ3n) is 5.78. The summed E-state index contributed by atoms with van der Waals surface area (Å²) in [5.41, 5.74) is 0.406. The van der Waals surface area contributed by atoms with Gasteiger partial charge in [-0.1, -0.05) is 24.3 Å². The third-order valence-corrected chi connectivity index (χ3v) is 5.78. The molecule has 0 fully saturated rings. The number of ether oxygens (including phenoxy) is 4. The van der Waals surface area contributed by atoms with Crippen molar-refractivity contribution in [1.82, 2.24) is 0 Å². The highest BCUT2D eigenvalue weighted by Crippen LogP contribution is 2.49. The lowest BCUT2D eigenvalue weighted by Crippen LogP contribution is -2.56. The van der Waals surface area contributed by atoms with Crippen molar-refractivity contribution in [2.24, 2.45) is 5.92 Å². The summed E-state index contributed by atoms with van der Waals surface area (Å²) in [4.78, 5) is 36.0. The smallest absolute Gasteiger partial charge is 0.303 e. The SMILES string of the molecule is CC(=O)O[C@H]1C=C2C(=O)C=CC3(Oc4cccc5cccc(c45)O3)C2C[C@H]1OC(C)=O. The highest BCUT2D eigenvalue weighted by molar-refractivity contribution is 6.06.